The number of fused-ring (bicyclic) bond motifs is 1. The number of benzene rings is 1. The van der Waals surface area contributed by atoms with Gasteiger partial charge in [-0.25, -0.2) is 9.69 Å². The van der Waals surface area contributed by atoms with Gasteiger partial charge in [0.25, 0.3) is 5.91 Å². The third-order valence-corrected chi connectivity index (χ3v) is 4.35. The second-order valence-electron chi connectivity index (χ2n) is 4.76. The van der Waals surface area contributed by atoms with Crippen LogP contribution in [0.5, 0.6) is 0 Å². The first-order chi connectivity index (χ1) is 9.09. The molecular formula is C13H12Cl2N2O2. The molecule has 0 aromatic heterocycles. The first kappa shape index (κ1) is 12.8. The van der Waals surface area contributed by atoms with Gasteiger partial charge in [-0.2, -0.15) is 0 Å². The summed E-state index contributed by atoms with van der Waals surface area (Å²) < 4.78 is 0. The van der Waals surface area contributed by atoms with E-state index >= 15 is 0 Å². The number of amides is 3. The zero-order valence-corrected chi connectivity index (χ0v) is 11.6. The summed E-state index contributed by atoms with van der Waals surface area (Å²) in [6.45, 7) is 0.646. The number of imide groups is 1. The van der Waals surface area contributed by atoms with Crippen LogP contribution in [0.15, 0.2) is 18.2 Å². The van der Waals surface area contributed by atoms with E-state index in [2.05, 4.69) is 0 Å². The monoisotopic (exact) mass is 298 g/mol. The van der Waals surface area contributed by atoms with Crippen molar-refractivity contribution < 1.29 is 9.59 Å². The number of nitrogens with zero attached hydrogens (tertiary/aromatic N) is 2. The highest BCUT2D eigenvalue weighted by atomic mass is 35.5. The predicted octanol–water partition coefficient (Wildman–Crippen LogP) is 3.31. The third-order valence-electron chi connectivity index (χ3n) is 3.61. The van der Waals surface area contributed by atoms with Crippen LogP contribution < -0.4 is 4.90 Å². The highest BCUT2D eigenvalue weighted by molar-refractivity contribution is 6.42. The molecule has 3 amide bonds. The van der Waals surface area contributed by atoms with Gasteiger partial charge in [-0.3, -0.25) is 4.79 Å². The Kier molecular flexibility index (Phi) is 3.15. The summed E-state index contributed by atoms with van der Waals surface area (Å²) in [5, 5.41) is 0.742. The van der Waals surface area contributed by atoms with Crippen LogP contribution in [0.25, 0.3) is 0 Å². The van der Waals surface area contributed by atoms with Crippen molar-refractivity contribution in [1.82, 2.24) is 4.90 Å². The maximum Gasteiger partial charge on any atom is 0.332 e. The van der Waals surface area contributed by atoms with E-state index in [1.165, 1.54) is 4.90 Å². The van der Waals surface area contributed by atoms with E-state index in [0.717, 1.165) is 19.3 Å². The average Bonchev–Trinajstić information content (AvgIpc) is 2.66. The lowest BCUT2D eigenvalue weighted by molar-refractivity contribution is -0.120. The molecule has 0 spiro atoms. The van der Waals surface area contributed by atoms with Crippen molar-refractivity contribution in [2.75, 3.05) is 11.4 Å². The molecule has 2 aliphatic rings. The van der Waals surface area contributed by atoms with Crippen molar-refractivity contribution in [2.24, 2.45) is 0 Å². The van der Waals surface area contributed by atoms with Crippen LogP contribution in [0.1, 0.15) is 19.3 Å². The minimum absolute atomic E-state index is 0.164. The number of anilines is 1. The molecule has 1 atom stereocenters. The first-order valence-electron chi connectivity index (χ1n) is 6.19. The van der Waals surface area contributed by atoms with Gasteiger partial charge in [0.1, 0.15) is 6.04 Å². The fourth-order valence-electron chi connectivity index (χ4n) is 2.65. The Morgan fingerprint density at radius 1 is 1.11 bits per heavy atom. The van der Waals surface area contributed by atoms with Crippen LogP contribution in [-0.2, 0) is 4.79 Å². The molecule has 19 heavy (non-hydrogen) atoms. The topological polar surface area (TPSA) is 40.6 Å². The highest BCUT2D eigenvalue weighted by Gasteiger charge is 2.46. The molecule has 3 rings (SSSR count). The fourth-order valence-corrected chi connectivity index (χ4v) is 2.94. The number of urea groups is 1. The van der Waals surface area contributed by atoms with Crippen molar-refractivity contribution in [2.45, 2.75) is 25.3 Å². The molecule has 100 valence electrons. The van der Waals surface area contributed by atoms with Crippen molar-refractivity contribution in [3.8, 4) is 0 Å². The van der Waals surface area contributed by atoms with Gasteiger partial charge in [-0.15, -0.1) is 0 Å². The lowest BCUT2D eigenvalue weighted by Gasteiger charge is -2.25. The number of rotatable bonds is 1. The maximum atomic E-state index is 12.3. The summed E-state index contributed by atoms with van der Waals surface area (Å²) >= 11 is 11.8. The lowest BCUT2D eigenvalue weighted by atomic mass is 10.0. The summed E-state index contributed by atoms with van der Waals surface area (Å²) in [7, 11) is 0. The van der Waals surface area contributed by atoms with Gasteiger partial charge in [-0.1, -0.05) is 23.2 Å². The minimum Gasteiger partial charge on any atom is -0.312 e. The quantitative estimate of drug-likeness (QED) is 0.746. The molecular weight excluding hydrogens is 287 g/mol. The SMILES string of the molecule is O=C1C2CCCCN2C(=O)N1c1ccc(Cl)c(Cl)c1. The number of piperidine rings is 1. The van der Waals surface area contributed by atoms with E-state index in [-0.39, 0.29) is 18.0 Å². The number of carbonyl (C=O) groups is 2. The van der Waals surface area contributed by atoms with Crippen LogP contribution in [0.4, 0.5) is 10.5 Å². The Hall–Kier alpha value is -1.26. The molecule has 4 nitrogen and oxygen atoms in total. The van der Waals surface area contributed by atoms with Gasteiger partial charge in [-0.05, 0) is 37.5 Å². The standard InChI is InChI=1S/C13H12Cl2N2O2/c14-9-5-4-8(7-10(9)15)17-12(18)11-3-1-2-6-16(11)13(17)19/h4-5,7,11H,1-3,6H2. The second kappa shape index (κ2) is 4.69. The summed E-state index contributed by atoms with van der Waals surface area (Å²) in [6.07, 6.45) is 2.67. The van der Waals surface area contributed by atoms with Gasteiger partial charge in [0, 0.05) is 6.54 Å². The predicted molar refractivity (Wildman–Crippen MR) is 73.7 cm³/mol. The van der Waals surface area contributed by atoms with Crippen molar-refractivity contribution >= 4 is 40.8 Å². The van der Waals surface area contributed by atoms with Crippen LogP contribution in [-0.4, -0.2) is 29.4 Å². The van der Waals surface area contributed by atoms with Crippen molar-refractivity contribution in [3.63, 3.8) is 0 Å². The molecule has 1 unspecified atom stereocenters. The molecule has 1 aromatic carbocycles. The summed E-state index contributed by atoms with van der Waals surface area (Å²) in [6, 6.07) is 4.22. The molecule has 6 heteroatoms. The second-order valence-corrected chi connectivity index (χ2v) is 5.57. The molecule has 0 aliphatic carbocycles. The van der Waals surface area contributed by atoms with Crippen LogP contribution in [0.2, 0.25) is 10.0 Å². The van der Waals surface area contributed by atoms with Crippen LogP contribution in [0.3, 0.4) is 0 Å². The fraction of sp³-hybridized carbons (Fsp3) is 0.385. The number of hydrogen-bond acceptors (Lipinski definition) is 2. The number of halogens is 2. The molecule has 2 aliphatic heterocycles. The van der Waals surface area contributed by atoms with E-state index < -0.39 is 0 Å². The molecule has 0 radical (unpaired) electrons. The summed E-state index contributed by atoms with van der Waals surface area (Å²) in [5.74, 6) is -0.164. The van der Waals surface area contributed by atoms with Crippen molar-refractivity contribution in [1.29, 1.82) is 0 Å². The molecule has 0 bridgehead atoms. The highest BCUT2D eigenvalue weighted by Crippen LogP contribution is 2.33. The van der Waals surface area contributed by atoms with Gasteiger partial charge < -0.3 is 4.90 Å². The molecule has 0 N–H and O–H groups in total. The van der Waals surface area contributed by atoms with E-state index in [1.54, 1.807) is 23.1 Å². The Balaban J connectivity index is 1.98. The molecule has 1 aromatic rings. The van der Waals surface area contributed by atoms with E-state index in [9.17, 15) is 9.59 Å². The Morgan fingerprint density at radius 2 is 1.89 bits per heavy atom. The Bertz CT molecular complexity index is 538. The largest absolute Gasteiger partial charge is 0.332 e. The van der Waals surface area contributed by atoms with Gasteiger partial charge in [0.15, 0.2) is 0 Å². The Labute approximate surface area is 120 Å². The molecule has 2 fully saturated rings. The lowest BCUT2D eigenvalue weighted by Crippen LogP contribution is -2.39. The average molecular weight is 299 g/mol. The first-order valence-corrected chi connectivity index (χ1v) is 6.95. The smallest absolute Gasteiger partial charge is 0.312 e. The van der Waals surface area contributed by atoms with E-state index in [0.29, 0.717) is 22.3 Å². The normalized spacial score (nSPS) is 22.9. The molecule has 0 saturated carbocycles. The summed E-state index contributed by atoms with van der Waals surface area (Å²) in [5.41, 5.74) is 0.485. The summed E-state index contributed by atoms with van der Waals surface area (Å²) in [4.78, 5) is 27.5. The van der Waals surface area contributed by atoms with Crippen LogP contribution in [0, 0.1) is 0 Å². The number of carbonyl (C=O) groups excluding carboxylic acids is 2. The van der Waals surface area contributed by atoms with E-state index in [4.69, 9.17) is 23.2 Å². The third kappa shape index (κ3) is 1.99. The zero-order valence-electron chi connectivity index (χ0n) is 10.1. The van der Waals surface area contributed by atoms with E-state index in [1.807, 2.05) is 0 Å². The molecule has 2 heterocycles. The minimum atomic E-state index is -0.310. The zero-order chi connectivity index (χ0) is 13.6. The van der Waals surface area contributed by atoms with Crippen molar-refractivity contribution in [3.05, 3.63) is 28.2 Å². The van der Waals surface area contributed by atoms with Gasteiger partial charge >= 0.3 is 6.03 Å². The molecule has 2 saturated heterocycles. The van der Waals surface area contributed by atoms with Crippen LogP contribution >= 0.6 is 23.2 Å². The Morgan fingerprint density at radius 3 is 2.58 bits per heavy atom. The number of hydrogen-bond donors (Lipinski definition) is 0. The maximum absolute atomic E-state index is 12.3. The van der Waals surface area contributed by atoms with Gasteiger partial charge in [0.05, 0.1) is 15.7 Å². The van der Waals surface area contributed by atoms with Gasteiger partial charge in [0.2, 0.25) is 0 Å².